The van der Waals surface area contributed by atoms with Gasteiger partial charge in [-0.3, -0.25) is 8.98 Å². The summed E-state index contributed by atoms with van der Waals surface area (Å²) in [5.74, 6) is -0.315. The SMILES string of the molecule is CCCCC/C=C\C/C=C\C/C=C\C=C\C(CCCC(=O)OC)OS(C)(=O)=O. The Hall–Kier alpha value is -1.66. The van der Waals surface area contributed by atoms with E-state index >= 15 is 0 Å². The number of rotatable bonds is 16. The molecule has 0 aliphatic heterocycles. The molecule has 28 heavy (non-hydrogen) atoms. The van der Waals surface area contributed by atoms with E-state index < -0.39 is 16.2 Å². The first-order valence-electron chi connectivity index (χ1n) is 9.97. The molecule has 0 saturated carbocycles. The molecule has 0 aliphatic rings. The average Bonchev–Trinajstić information content (AvgIpc) is 2.63. The van der Waals surface area contributed by atoms with Crippen molar-refractivity contribution in [1.82, 2.24) is 0 Å². The molecule has 0 bridgehead atoms. The van der Waals surface area contributed by atoms with Crippen molar-refractivity contribution in [3.63, 3.8) is 0 Å². The Morgan fingerprint density at radius 3 is 2.29 bits per heavy atom. The second-order valence-electron chi connectivity index (χ2n) is 6.53. The predicted molar refractivity (Wildman–Crippen MR) is 116 cm³/mol. The molecule has 1 atom stereocenters. The molecule has 0 saturated heterocycles. The molecule has 0 amide bonds. The minimum Gasteiger partial charge on any atom is -0.469 e. The van der Waals surface area contributed by atoms with E-state index in [-0.39, 0.29) is 12.4 Å². The molecule has 6 heteroatoms. The molecule has 0 aromatic carbocycles. The summed E-state index contributed by atoms with van der Waals surface area (Å²) in [5, 5.41) is 0. The summed E-state index contributed by atoms with van der Waals surface area (Å²) in [4.78, 5) is 11.1. The number of hydrogen-bond donors (Lipinski definition) is 0. The minimum atomic E-state index is -3.56. The monoisotopic (exact) mass is 412 g/mol. The summed E-state index contributed by atoms with van der Waals surface area (Å²) in [5.41, 5.74) is 0. The van der Waals surface area contributed by atoms with Gasteiger partial charge in [-0.15, -0.1) is 0 Å². The van der Waals surface area contributed by atoms with Crippen LogP contribution in [0.2, 0.25) is 0 Å². The van der Waals surface area contributed by atoms with Gasteiger partial charge in [0.25, 0.3) is 10.1 Å². The molecule has 0 heterocycles. The number of hydrogen-bond acceptors (Lipinski definition) is 5. The van der Waals surface area contributed by atoms with E-state index in [1.54, 1.807) is 12.2 Å². The third-order valence-electron chi connectivity index (χ3n) is 3.82. The zero-order valence-electron chi connectivity index (χ0n) is 17.5. The number of ether oxygens (including phenoxy) is 1. The normalized spacial score (nSPS) is 14.0. The Kier molecular flexibility index (Phi) is 16.4. The van der Waals surface area contributed by atoms with Crippen LogP contribution in [0.5, 0.6) is 0 Å². The second-order valence-corrected chi connectivity index (χ2v) is 8.13. The summed E-state index contributed by atoms with van der Waals surface area (Å²) in [7, 11) is -2.23. The van der Waals surface area contributed by atoms with Crippen LogP contribution < -0.4 is 0 Å². The van der Waals surface area contributed by atoms with E-state index in [2.05, 4.69) is 36.0 Å². The van der Waals surface area contributed by atoms with Crippen molar-refractivity contribution in [2.24, 2.45) is 0 Å². The van der Waals surface area contributed by atoms with Crippen molar-refractivity contribution < 1.29 is 22.1 Å². The molecule has 0 radical (unpaired) electrons. The predicted octanol–water partition coefficient (Wildman–Crippen LogP) is 5.26. The van der Waals surface area contributed by atoms with Gasteiger partial charge in [0.2, 0.25) is 0 Å². The summed E-state index contributed by atoms with van der Waals surface area (Å²) in [6, 6.07) is 0. The largest absolute Gasteiger partial charge is 0.469 e. The van der Waals surface area contributed by atoms with Gasteiger partial charge in [-0.25, -0.2) is 0 Å². The molecule has 0 rings (SSSR count). The Bertz CT molecular complexity index is 615. The number of carbonyl (C=O) groups is 1. The average molecular weight is 413 g/mol. The fraction of sp³-hybridized carbons (Fsp3) is 0.591. The first-order valence-corrected chi connectivity index (χ1v) is 11.8. The Labute approximate surface area is 171 Å². The van der Waals surface area contributed by atoms with Gasteiger partial charge in [-0.1, -0.05) is 68.4 Å². The molecule has 0 aromatic rings. The zero-order chi connectivity index (χ0) is 21.1. The zero-order valence-corrected chi connectivity index (χ0v) is 18.3. The van der Waals surface area contributed by atoms with E-state index in [4.69, 9.17) is 4.18 Å². The van der Waals surface area contributed by atoms with Crippen LogP contribution in [0.3, 0.4) is 0 Å². The Morgan fingerprint density at radius 2 is 1.64 bits per heavy atom. The van der Waals surface area contributed by atoms with Crippen molar-refractivity contribution in [2.75, 3.05) is 13.4 Å². The number of allylic oxidation sites excluding steroid dienone is 7. The lowest BCUT2D eigenvalue weighted by Gasteiger charge is -2.11. The van der Waals surface area contributed by atoms with Crippen LogP contribution in [0.25, 0.3) is 0 Å². The molecule has 160 valence electrons. The van der Waals surface area contributed by atoms with Crippen LogP contribution >= 0.6 is 0 Å². The fourth-order valence-corrected chi connectivity index (χ4v) is 2.98. The number of methoxy groups -OCH3 is 1. The Balaban J connectivity index is 4.19. The maximum Gasteiger partial charge on any atom is 0.305 e. The summed E-state index contributed by atoms with van der Waals surface area (Å²) < 4.78 is 32.3. The van der Waals surface area contributed by atoms with Crippen LogP contribution in [-0.4, -0.2) is 33.9 Å². The maximum atomic E-state index is 11.3. The lowest BCUT2D eigenvalue weighted by Crippen LogP contribution is -2.15. The molecule has 0 aliphatic carbocycles. The molecule has 0 fully saturated rings. The highest BCUT2D eigenvalue weighted by Gasteiger charge is 2.13. The van der Waals surface area contributed by atoms with E-state index in [1.165, 1.54) is 26.4 Å². The van der Waals surface area contributed by atoms with Gasteiger partial charge in [-0.05, 0) is 38.5 Å². The highest BCUT2D eigenvalue weighted by Crippen LogP contribution is 2.10. The van der Waals surface area contributed by atoms with Crippen molar-refractivity contribution in [3.05, 3.63) is 48.6 Å². The van der Waals surface area contributed by atoms with Gasteiger partial charge >= 0.3 is 5.97 Å². The molecular formula is C22H36O5S. The maximum absolute atomic E-state index is 11.3. The lowest BCUT2D eigenvalue weighted by molar-refractivity contribution is -0.140. The van der Waals surface area contributed by atoms with Crippen molar-refractivity contribution in [3.8, 4) is 0 Å². The van der Waals surface area contributed by atoms with E-state index in [0.29, 0.717) is 12.8 Å². The van der Waals surface area contributed by atoms with E-state index in [0.717, 1.165) is 25.5 Å². The van der Waals surface area contributed by atoms with Crippen molar-refractivity contribution in [2.45, 2.75) is 70.8 Å². The van der Waals surface area contributed by atoms with Gasteiger partial charge in [0.1, 0.15) is 0 Å². The molecule has 1 unspecified atom stereocenters. The smallest absolute Gasteiger partial charge is 0.305 e. The minimum absolute atomic E-state index is 0.238. The van der Waals surface area contributed by atoms with Gasteiger partial charge in [-0.2, -0.15) is 8.42 Å². The van der Waals surface area contributed by atoms with Crippen LogP contribution in [0.1, 0.15) is 64.7 Å². The molecule has 0 aromatic heterocycles. The van der Waals surface area contributed by atoms with Gasteiger partial charge < -0.3 is 4.74 Å². The number of unbranched alkanes of at least 4 members (excludes halogenated alkanes) is 3. The highest BCUT2D eigenvalue weighted by atomic mass is 32.2. The Morgan fingerprint density at radius 1 is 0.964 bits per heavy atom. The van der Waals surface area contributed by atoms with Gasteiger partial charge in [0.05, 0.1) is 19.5 Å². The first kappa shape index (κ1) is 26.3. The lowest BCUT2D eigenvalue weighted by atomic mass is 10.1. The van der Waals surface area contributed by atoms with Crippen LogP contribution in [0.15, 0.2) is 48.6 Å². The van der Waals surface area contributed by atoms with Gasteiger partial charge in [0.15, 0.2) is 0 Å². The molecular weight excluding hydrogens is 376 g/mol. The fourth-order valence-electron chi connectivity index (χ4n) is 2.37. The third kappa shape index (κ3) is 19.1. The van der Waals surface area contributed by atoms with Crippen LogP contribution in [-0.2, 0) is 23.8 Å². The second kappa shape index (κ2) is 17.4. The summed E-state index contributed by atoms with van der Waals surface area (Å²) >= 11 is 0. The first-order chi connectivity index (χ1) is 13.4. The standard InChI is InChI=1S/C22H36O5S/c1-4-5-6-7-8-9-10-11-12-13-14-15-16-18-21(27-28(3,24)25)19-17-20-22(23)26-2/h8-9,11-12,14-16,18,21H,4-7,10,13,17,19-20H2,1-3H3/b9-8-,12-11-,15-14-,18-16+. The van der Waals surface area contributed by atoms with Crippen LogP contribution in [0, 0.1) is 0 Å². The molecule has 0 spiro atoms. The molecule has 5 nitrogen and oxygen atoms in total. The topological polar surface area (TPSA) is 69.7 Å². The van der Waals surface area contributed by atoms with Crippen LogP contribution in [0.4, 0.5) is 0 Å². The number of carbonyl (C=O) groups excluding carboxylic acids is 1. The third-order valence-corrected chi connectivity index (χ3v) is 4.42. The van der Waals surface area contributed by atoms with Gasteiger partial charge in [0, 0.05) is 6.42 Å². The number of esters is 1. The van der Waals surface area contributed by atoms with Crippen molar-refractivity contribution >= 4 is 16.1 Å². The van der Waals surface area contributed by atoms with E-state index in [9.17, 15) is 13.2 Å². The summed E-state index contributed by atoms with van der Waals surface area (Å²) in [6.07, 6.45) is 24.3. The van der Waals surface area contributed by atoms with E-state index in [1.807, 2.05) is 12.2 Å². The quantitative estimate of drug-likeness (QED) is 0.114. The molecule has 0 N–H and O–H groups in total. The highest BCUT2D eigenvalue weighted by molar-refractivity contribution is 7.86. The van der Waals surface area contributed by atoms with Crippen molar-refractivity contribution in [1.29, 1.82) is 0 Å². The summed E-state index contributed by atoms with van der Waals surface area (Å²) in [6.45, 7) is 2.21.